The van der Waals surface area contributed by atoms with E-state index < -0.39 is 12.1 Å². The van der Waals surface area contributed by atoms with Crippen molar-refractivity contribution in [3.8, 4) is 0 Å². The fraction of sp³-hybridized carbons (Fsp3) is 0.556. The SMILES string of the molecule is CC(C)C[C@H](NC(=O)Nc1cccc(Cl)c1)C(=O)N1CCN(C)CC1. The van der Waals surface area contributed by atoms with E-state index in [9.17, 15) is 9.59 Å². The predicted octanol–water partition coefficient (Wildman–Crippen LogP) is 2.65. The summed E-state index contributed by atoms with van der Waals surface area (Å²) in [6.07, 6.45) is 0.605. The lowest BCUT2D eigenvalue weighted by Crippen LogP contribution is -2.55. The normalized spacial score (nSPS) is 16.6. The van der Waals surface area contributed by atoms with Gasteiger partial charge >= 0.3 is 6.03 Å². The molecule has 0 spiro atoms. The Morgan fingerprint density at radius 3 is 2.48 bits per heavy atom. The molecule has 7 heteroatoms. The highest BCUT2D eigenvalue weighted by atomic mass is 35.5. The van der Waals surface area contributed by atoms with Gasteiger partial charge in [0.25, 0.3) is 0 Å². The zero-order chi connectivity index (χ0) is 18.4. The summed E-state index contributed by atoms with van der Waals surface area (Å²) >= 11 is 5.93. The molecule has 1 aromatic rings. The second-order valence-corrected chi connectivity index (χ2v) is 7.36. The van der Waals surface area contributed by atoms with Crippen molar-refractivity contribution in [2.75, 3.05) is 38.5 Å². The maximum Gasteiger partial charge on any atom is 0.319 e. The molecule has 1 atom stereocenters. The molecule has 3 amide bonds. The second-order valence-electron chi connectivity index (χ2n) is 6.92. The van der Waals surface area contributed by atoms with Gasteiger partial charge in [-0.05, 0) is 37.6 Å². The van der Waals surface area contributed by atoms with E-state index in [4.69, 9.17) is 11.6 Å². The average Bonchev–Trinajstić information content (AvgIpc) is 2.54. The van der Waals surface area contributed by atoms with Crippen LogP contribution in [0.3, 0.4) is 0 Å². The summed E-state index contributed by atoms with van der Waals surface area (Å²) < 4.78 is 0. The van der Waals surface area contributed by atoms with Crippen LogP contribution in [0.2, 0.25) is 5.02 Å². The highest BCUT2D eigenvalue weighted by Gasteiger charge is 2.28. The molecule has 0 aliphatic carbocycles. The Hall–Kier alpha value is -1.79. The fourth-order valence-electron chi connectivity index (χ4n) is 2.83. The van der Waals surface area contributed by atoms with Crippen molar-refractivity contribution in [3.63, 3.8) is 0 Å². The van der Waals surface area contributed by atoms with Crippen LogP contribution in [0.5, 0.6) is 0 Å². The third-order valence-electron chi connectivity index (χ3n) is 4.21. The lowest BCUT2D eigenvalue weighted by molar-refractivity contribution is -0.135. The van der Waals surface area contributed by atoms with E-state index in [0.29, 0.717) is 36.1 Å². The van der Waals surface area contributed by atoms with Crippen LogP contribution in [0.1, 0.15) is 20.3 Å². The monoisotopic (exact) mass is 366 g/mol. The van der Waals surface area contributed by atoms with Crippen LogP contribution < -0.4 is 10.6 Å². The van der Waals surface area contributed by atoms with Crippen LogP contribution in [-0.4, -0.2) is 61.0 Å². The molecular weight excluding hydrogens is 340 g/mol. The molecule has 2 rings (SSSR count). The zero-order valence-electron chi connectivity index (χ0n) is 15.1. The topological polar surface area (TPSA) is 64.7 Å². The highest BCUT2D eigenvalue weighted by molar-refractivity contribution is 6.30. The summed E-state index contributed by atoms with van der Waals surface area (Å²) in [5.74, 6) is 0.288. The van der Waals surface area contributed by atoms with Gasteiger partial charge in [0.2, 0.25) is 5.91 Å². The number of carbonyl (C=O) groups is 2. The van der Waals surface area contributed by atoms with Crippen LogP contribution in [0.15, 0.2) is 24.3 Å². The summed E-state index contributed by atoms with van der Waals surface area (Å²) in [6, 6.07) is 6.01. The van der Waals surface area contributed by atoms with Gasteiger partial charge in [0.15, 0.2) is 0 Å². The van der Waals surface area contributed by atoms with Gasteiger partial charge in [0.1, 0.15) is 6.04 Å². The van der Waals surface area contributed by atoms with E-state index >= 15 is 0 Å². The van der Waals surface area contributed by atoms with Crippen LogP contribution in [-0.2, 0) is 4.79 Å². The molecule has 0 unspecified atom stereocenters. The van der Waals surface area contributed by atoms with Crippen LogP contribution in [0.4, 0.5) is 10.5 Å². The Bertz CT molecular complexity index is 600. The van der Waals surface area contributed by atoms with Crippen LogP contribution in [0, 0.1) is 5.92 Å². The molecule has 1 aliphatic heterocycles. The summed E-state index contributed by atoms with van der Waals surface area (Å²) in [4.78, 5) is 29.2. The third-order valence-corrected chi connectivity index (χ3v) is 4.44. The molecule has 6 nitrogen and oxygen atoms in total. The number of hydrogen-bond donors (Lipinski definition) is 2. The van der Waals surface area contributed by atoms with Crippen molar-refractivity contribution in [3.05, 3.63) is 29.3 Å². The van der Waals surface area contributed by atoms with Crippen molar-refractivity contribution in [1.82, 2.24) is 15.1 Å². The van der Waals surface area contributed by atoms with E-state index in [1.54, 1.807) is 24.3 Å². The van der Waals surface area contributed by atoms with Crippen molar-refractivity contribution in [1.29, 1.82) is 0 Å². The summed E-state index contributed by atoms with van der Waals surface area (Å²) in [7, 11) is 2.05. The highest BCUT2D eigenvalue weighted by Crippen LogP contribution is 2.15. The Balaban J connectivity index is 1.98. The molecule has 25 heavy (non-hydrogen) atoms. The first-order valence-corrected chi connectivity index (χ1v) is 9.03. The minimum Gasteiger partial charge on any atom is -0.338 e. The number of amides is 3. The van der Waals surface area contributed by atoms with Gasteiger partial charge in [-0.3, -0.25) is 4.79 Å². The number of benzene rings is 1. The van der Waals surface area contributed by atoms with Gasteiger partial charge in [-0.2, -0.15) is 0 Å². The molecule has 1 fully saturated rings. The first kappa shape index (κ1) is 19.5. The minimum absolute atomic E-state index is 0.0111. The first-order valence-electron chi connectivity index (χ1n) is 8.65. The van der Waals surface area contributed by atoms with Gasteiger partial charge in [-0.1, -0.05) is 31.5 Å². The van der Waals surface area contributed by atoms with E-state index in [0.717, 1.165) is 13.1 Å². The summed E-state index contributed by atoms with van der Waals surface area (Å²) in [6.45, 7) is 7.19. The van der Waals surface area contributed by atoms with E-state index in [1.165, 1.54) is 0 Å². The number of piperazine rings is 1. The van der Waals surface area contributed by atoms with Gasteiger partial charge in [0, 0.05) is 36.9 Å². The standard InChI is InChI=1S/C18H27ClN4O2/c1-13(2)11-16(17(24)23-9-7-22(3)8-10-23)21-18(25)20-15-6-4-5-14(19)12-15/h4-6,12-13,16H,7-11H2,1-3H3,(H2,20,21,25)/t16-/m0/s1. The average molecular weight is 367 g/mol. The number of nitrogens with zero attached hydrogens (tertiary/aromatic N) is 2. The van der Waals surface area contributed by atoms with Gasteiger partial charge in [0.05, 0.1) is 0 Å². The minimum atomic E-state index is -0.525. The van der Waals surface area contributed by atoms with Crippen molar-refractivity contribution < 1.29 is 9.59 Å². The van der Waals surface area contributed by atoms with E-state index in [2.05, 4.69) is 15.5 Å². The number of rotatable bonds is 5. The van der Waals surface area contributed by atoms with Gasteiger partial charge in [-0.25, -0.2) is 4.79 Å². The number of carbonyl (C=O) groups excluding carboxylic acids is 2. The Morgan fingerprint density at radius 1 is 1.20 bits per heavy atom. The van der Waals surface area contributed by atoms with Crippen molar-refractivity contribution >= 4 is 29.2 Å². The number of hydrogen-bond acceptors (Lipinski definition) is 3. The molecule has 0 radical (unpaired) electrons. The number of urea groups is 1. The smallest absolute Gasteiger partial charge is 0.319 e. The summed E-state index contributed by atoms with van der Waals surface area (Å²) in [5, 5.41) is 6.11. The number of nitrogens with one attached hydrogen (secondary N) is 2. The molecule has 0 bridgehead atoms. The number of halogens is 1. The first-order chi connectivity index (χ1) is 11.8. The fourth-order valence-corrected chi connectivity index (χ4v) is 3.02. The largest absolute Gasteiger partial charge is 0.338 e. The third kappa shape index (κ3) is 6.21. The quantitative estimate of drug-likeness (QED) is 0.842. The molecule has 0 aromatic heterocycles. The zero-order valence-corrected chi connectivity index (χ0v) is 15.8. The maximum absolute atomic E-state index is 12.8. The van der Waals surface area contributed by atoms with Gasteiger partial charge < -0.3 is 20.4 Å². The Morgan fingerprint density at radius 2 is 1.88 bits per heavy atom. The molecule has 1 aromatic carbocycles. The summed E-state index contributed by atoms with van der Waals surface area (Å²) in [5.41, 5.74) is 0.598. The maximum atomic E-state index is 12.8. The lowest BCUT2D eigenvalue weighted by Gasteiger charge is -2.35. The van der Waals surface area contributed by atoms with Gasteiger partial charge in [-0.15, -0.1) is 0 Å². The van der Waals surface area contributed by atoms with Crippen LogP contribution >= 0.6 is 11.6 Å². The number of likely N-dealkylation sites (N-methyl/N-ethyl adjacent to an activating group) is 1. The van der Waals surface area contributed by atoms with E-state index in [-0.39, 0.29) is 5.91 Å². The van der Waals surface area contributed by atoms with E-state index in [1.807, 2.05) is 25.8 Å². The Labute approximate surface area is 154 Å². The molecule has 138 valence electrons. The van der Waals surface area contributed by atoms with Crippen molar-refractivity contribution in [2.45, 2.75) is 26.3 Å². The van der Waals surface area contributed by atoms with Crippen molar-refractivity contribution in [2.24, 2.45) is 5.92 Å². The predicted molar refractivity (Wildman–Crippen MR) is 101 cm³/mol. The molecule has 0 saturated carbocycles. The Kier molecular flexibility index (Phi) is 7.08. The molecular formula is C18H27ClN4O2. The lowest BCUT2D eigenvalue weighted by atomic mass is 10.0. The molecule has 1 heterocycles. The number of anilines is 1. The molecule has 1 aliphatic rings. The second kappa shape index (κ2) is 9.06. The van der Waals surface area contributed by atoms with Crippen LogP contribution in [0.25, 0.3) is 0 Å². The molecule has 1 saturated heterocycles. The molecule has 2 N–H and O–H groups in total.